The highest BCUT2D eigenvalue weighted by molar-refractivity contribution is 7.80. The molecule has 0 fully saturated rings. The molecule has 2 N–H and O–H groups in total. The summed E-state index contributed by atoms with van der Waals surface area (Å²) >= 11 is 5.24. The zero-order chi connectivity index (χ0) is 17.2. The molecule has 0 amide bonds. The molecule has 0 bridgehead atoms. The lowest BCUT2D eigenvalue weighted by molar-refractivity contribution is 0.107. The van der Waals surface area contributed by atoms with Crippen LogP contribution in [0.2, 0.25) is 0 Å². The molecule has 0 atom stereocenters. The van der Waals surface area contributed by atoms with Gasteiger partial charge in [-0.25, -0.2) is 0 Å². The largest absolute Gasteiger partial charge is 0.372 e. The van der Waals surface area contributed by atoms with Crippen LogP contribution >= 0.6 is 12.2 Å². The van der Waals surface area contributed by atoms with Crippen molar-refractivity contribution in [1.29, 1.82) is 0 Å². The van der Waals surface area contributed by atoms with Crippen molar-refractivity contribution in [3.05, 3.63) is 83.4 Å². The van der Waals surface area contributed by atoms with Gasteiger partial charge in [0.05, 0.1) is 13.2 Å². The van der Waals surface area contributed by atoms with Crippen LogP contribution in [-0.2, 0) is 24.5 Å². The second-order valence-corrected chi connectivity index (χ2v) is 6.20. The van der Waals surface area contributed by atoms with Crippen LogP contribution in [0, 0.1) is 0 Å². The van der Waals surface area contributed by atoms with E-state index in [1.165, 1.54) is 11.1 Å². The van der Waals surface area contributed by atoms with Crippen molar-refractivity contribution in [3.63, 3.8) is 0 Å². The van der Waals surface area contributed by atoms with Crippen LogP contribution in [-0.4, -0.2) is 11.7 Å². The smallest absolute Gasteiger partial charge is 0.166 e. The van der Waals surface area contributed by atoms with Crippen molar-refractivity contribution < 1.29 is 4.74 Å². The Balaban J connectivity index is 1.76. The number of thiocarbonyl (C=S) groups is 1. The van der Waals surface area contributed by atoms with Gasteiger partial charge in [0.2, 0.25) is 0 Å². The highest BCUT2D eigenvalue weighted by atomic mass is 32.1. The van der Waals surface area contributed by atoms with E-state index in [4.69, 9.17) is 17.0 Å². The summed E-state index contributed by atoms with van der Waals surface area (Å²) in [7, 11) is 0. The molecule has 0 radical (unpaired) electrons. The second-order valence-electron chi connectivity index (χ2n) is 5.79. The Kier molecular flexibility index (Phi) is 7.46. The van der Waals surface area contributed by atoms with Gasteiger partial charge >= 0.3 is 0 Å². The third kappa shape index (κ3) is 6.94. The van der Waals surface area contributed by atoms with Crippen LogP contribution in [0.15, 0.2) is 66.7 Å². The zero-order valence-electron chi connectivity index (χ0n) is 14.0. The fourth-order valence-electron chi connectivity index (χ4n) is 2.17. The van der Waals surface area contributed by atoms with Crippen LogP contribution in [0.5, 0.6) is 0 Å². The normalized spacial score (nSPS) is 10.2. The molecule has 0 heterocycles. The lowest BCUT2D eigenvalue weighted by Crippen LogP contribution is -2.35. The predicted molar refractivity (Wildman–Crippen MR) is 104 cm³/mol. The van der Waals surface area contributed by atoms with Gasteiger partial charge in [0, 0.05) is 13.1 Å². The molecule has 2 aromatic carbocycles. The first kappa shape index (κ1) is 18.2. The van der Waals surface area contributed by atoms with Crippen LogP contribution < -0.4 is 10.6 Å². The monoisotopic (exact) mass is 340 g/mol. The van der Waals surface area contributed by atoms with E-state index in [-0.39, 0.29) is 0 Å². The van der Waals surface area contributed by atoms with Gasteiger partial charge in [-0.1, -0.05) is 66.7 Å². The molecule has 0 unspecified atom stereocenters. The van der Waals surface area contributed by atoms with Crippen molar-refractivity contribution in [2.45, 2.75) is 26.7 Å². The Morgan fingerprint density at radius 1 is 0.958 bits per heavy atom. The van der Waals surface area contributed by atoms with E-state index in [0.29, 0.717) is 31.4 Å². The first-order chi connectivity index (χ1) is 11.6. The topological polar surface area (TPSA) is 33.3 Å². The Morgan fingerprint density at radius 3 is 2.38 bits per heavy atom. The lowest BCUT2D eigenvalue weighted by atomic mass is 10.1. The molecule has 2 aromatic rings. The Labute approximate surface area is 149 Å². The summed E-state index contributed by atoms with van der Waals surface area (Å²) in [4.78, 5) is 0. The lowest BCUT2D eigenvalue weighted by Gasteiger charge is -2.11. The quantitative estimate of drug-likeness (QED) is 0.563. The zero-order valence-corrected chi connectivity index (χ0v) is 14.9. The maximum absolute atomic E-state index is 5.78. The summed E-state index contributed by atoms with van der Waals surface area (Å²) in [6, 6.07) is 18.5. The van der Waals surface area contributed by atoms with Crippen LogP contribution in [0.3, 0.4) is 0 Å². The molecular formula is C20H24N2OS. The van der Waals surface area contributed by atoms with Crippen molar-refractivity contribution >= 4 is 17.3 Å². The average molecular weight is 340 g/mol. The highest BCUT2D eigenvalue weighted by Crippen LogP contribution is 2.09. The van der Waals surface area contributed by atoms with Gasteiger partial charge in [-0.3, -0.25) is 0 Å². The molecule has 126 valence electrons. The SMILES string of the molecule is C=C(C)CNC(=S)NCc1cccc(COCc2ccccc2)c1. The molecule has 4 heteroatoms. The van der Waals surface area contributed by atoms with Gasteiger partial charge in [-0.05, 0) is 35.8 Å². The maximum Gasteiger partial charge on any atom is 0.166 e. The summed E-state index contributed by atoms with van der Waals surface area (Å²) in [6.45, 7) is 8.41. The van der Waals surface area contributed by atoms with Gasteiger partial charge in [0.25, 0.3) is 0 Å². The third-order valence-corrected chi connectivity index (χ3v) is 3.66. The molecule has 24 heavy (non-hydrogen) atoms. The van der Waals surface area contributed by atoms with E-state index < -0.39 is 0 Å². The van der Waals surface area contributed by atoms with Crippen molar-refractivity contribution in [2.75, 3.05) is 6.54 Å². The standard InChI is InChI=1S/C20H24N2OS/c1-16(2)12-21-20(24)22-13-18-9-6-10-19(11-18)15-23-14-17-7-4-3-5-8-17/h3-11H,1,12-15H2,2H3,(H2,21,22,24). The highest BCUT2D eigenvalue weighted by Gasteiger charge is 2.00. The van der Waals surface area contributed by atoms with E-state index in [9.17, 15) is 0 Å². The Hall–Kier alpha value is -2.17. The minimum absolute atomic E-state index is 0.598. The Morgan fingerprint density at radius 2 is 1.62 bits per heavy atom. The summed E-state index contributed by atoms with van der Waals surface area (Å²) in [6.07, 6.45) is 0. The van der Waals surface area contributed by atoms with E-state index in [1.807, 2.05) is 31.2 Å². The molecule has 2 rings (SSSR count). The molecule has 0 spiro atoms. The van der Waals surface area contributed by atoms with Gasteiger partial charge in [-0.2, -0.15) is 0 Å². The molecule has 0 saturated heterocycles. The minimum Gasteiger partial charge on any atom is -0.372 e. The molecular weight excluding hydrogens is 316 g/mol. The number of benzene rings is 2. The molecule has 0 aliphatic rings. The number of hydrogen-bond donors (Lipinski definition) is 2. The first-order valence-corrected chi connectivity index (χ1v) is 8.40. The number of rotatable bonds is 8. The maximum atomic E-state index is 5.78. The van der Waals surface area contributed by atoms with E-state index in [2.05, 4.69) is 47.5 Å². The van der Waals surface area contributed by atoms with E-state index in [0.717, 1.165) is 11.1 Å². The van der Waals surface area contributed by atoms with Crippen LogP contribution in [0.4, 0.5) is 0 Å². The second kappa shape index (κ2) is 9.85. The van der Waals surface area contributed by atoms with Crippen molar-refractivity contribution in [3.8, 4) is 0 Å². The number of hydrogen-bond acceptors (Lipinski definition) is 2. The first-order valence-electron chi connectivity index (χ1n) is 7.99. The van der Waals surface area contributed by atoms with Crippen LogP contribution in [0.25, 0.3) is 0 Å². The van der Waals surface area contributed by atoms with E-state index in [1.54, 1.807) is 0 Å². The summed E-state index contributed by atoms with van der Waals surface area (Å²) in [5.74, 6) is 0. The Bertz CT molecular complexity index is 670. The fourth-order valence-corrected chi connectivity index (χ4v) is 2.31. The van der Waals surface area contributed by atoms with Crippen LogP contribution in [0.1, 0.15) is 23.6 Å². The summed E-state index contributed by atoms with van der Waals surface area (Å²) in [5, 5.41) is 6.96. The average Bonchev–Trinajstić information content (AvgIpc) is 2.59. The third-order valence-electron chi connectivity index (χ3n) is 3.38. The fraction of sp³-hybridized carbons (Fsp3) is 0.250. The number of ether oxygens (including phenoxy) is 1. The summed E-state index contributed by atoms with van der Waals surface area (Å²) in [5.41, 5.74) is 4.57. The van der Waals surface area contributed by atoms with E-state index >= 15 is 0 Å². The van der Waals surface area contributed by atoms with Crippen molar-refractivity contribution in [1.82, 2.24) is 10.6 Å². The molecule has 0 aromatic heterocycles. The number of nitrogens with one attached hydrogen (secondary N) is 2. The predicted octanol–water partition coefficient (Wildman–Crippen LogP) is 3.94. The van der Waals surface area contributed by atoms with Crippen molar-refractivity contribution in [2.24, 2.45) is 0 Å². The van der Waals surface area contributed by atoms with Gasteiger partial charge < -0.3 is 15.4 Å². The molecule has 0 aliphatic carbocycles. The van der Waals surface area contributed by atoms with Gasteiger partial charge in [0.15, 0.2) is 5.11 Å². The molecule has 0 aliphatic heterocycles. The molecule has 3 nitrogen and oxygen atoms in total. The van der Waals surface area contributed by atoms with Gasteiger partial charge in [-0.15, -0.1) is 0 Å². The minimum atomic E-state index is 0.598. The van der Waals surface area contributed by atoms with Gasteiger partial charge in [0.1, 0.15) is 0 Å². The summed E-state index contributed by atoms with van der Waals surface area (Å²) < 4.78 is 5.78. The molecule has 0 saturated carbocycles.